The van der Waals surface area contributed by atoms with E-state index in [9.17, 15) is 13.2 Å². The van der Waals surface area contributed by atoms with E-state index in [1.807, 2.05) is 42.2 Å². The van der Waals surface area contributed by atoms with E-state index >= 15 is 0 Å². The fourth-order valence-electron chi connectivity index (χ4n) is 3.29. The number of amides is 1. The number of carbonyl (C=O) groups is 1. The van der Waals surface area contributed by atoms with Crippen LogP contribution in [0.3, 0.4) is 0 Å². The molecule has 1 heterocycles. The molecule has 6 nitrogen and oxygen atoms in total. The standard InChI is InChI=1S/C20H25N3O3S/c1-3-10-21-20(24)16(2)22-11-13-23(14-12-22)27(25,26)19-9-8-17-6-4-5-7-18(17)15-19/h3-9,15-16H,1,10-14H2,2H3,(H,21,24)/t16-/m0/s1. The van der Waals surface area contributed by atoms with Crippen molar-refractivity contribution in [2.75, 3.05) is 32.7 Å². The molecular formula is C20H25N3O3S. The van der Waals surface area contributed by atoms with Crippen LogP contribution in [0.5, 0.6) is 0 Å². The lowest BCUT2D eigenvalue weighted by Crippen LogP contribution is -2.54. The Hall–Kier alpha value is -2.22. The summed E-state index contributed by atoms with van der Waals surface area (Å²) in [6.07, 6.45) is 1.64. The molecule has 0 unspecified atom stereocenters. The molecule has 1 N–H and O–H groups in total. The molecule has 0 aliphatic carbocycles. The molecule has 1 aliphatic rings. The third kappa shape index (κ3) is 4.21. The Kier molecular flexibility index (Phi) is 5.94. The molecule has 0 radical (unpaired) electrons. The first-order chi connectivity index (χ1) is 12.9. The summed E-state index contributed by atoms with van der Waals surface area (Å²) in [6.45, 7) is 7.64. The highest BCUT2D eigenvalue weighted by atomic mass is 32.2. The van der Waals surface area contributed by atoms with Crippen LogP contribution in [-0.4, -0.2) is 62.3 Å². The Morgan fingerprint density at radius 2 is 1.81 bits per heavy atom. The third-order valence-corrected chi connectivity index (χ3v) is 6.87. The minimum atomic E-state index is -3.54. The quantitative estimate of drug-likeness (QED) is 0.768. The number of hydrogen-bond acceptors (Lipinski definition) is 4. The van der Waals surface area contributed by atoms with Gasteiger partial charge in [-0.2, -0.15) is 4.31 Å². The van der Waals surface area contributed by atoms with Gasteiger partial charge in [0.05, 0.1) is 10.9 Å². The van der Waals surface area contributed by atoms with Crippen molar-refractivity contribution < 1.29 is 13.2 Å². The Morgan fingerprint density at radius 1 is 1.15 bits per heavy atom. The number of carbonyl (C=O) groups excluding carboxylic acids is 1. The zero-order chi connectivity index (χ0) is 19.4. The summed E-state index contributed by atoms with van der Waals surface area (Å²) in [6, 6.07) is 12.6. The highest BCUT2D eigenvalue weighted by Crippen LogP contribution is 2.23. The van der Waals surface area contributed by atoms with Gasteiger partial charge >= 0.3 is 0 Å². The molecule has 27 heavy (non-hydrogen) atoms. The summed E-state index contributed by atoms with van der Waals surface area (Å²) < 4.78 is 27.5. The molecule has 1 aliphatic heterocycles. The molecule has 0 aromatic heterocycles. The summed E-state index contributed by atoms with van der Waals surface area (Å²) >= 11 is 0. The van der Waals surface area contributed by atoms with Gasteiger partial charge in [0, 0.05) is 32.7 Å². The predicted molar refractivity (Wildman–Crippen MR) is 107 cm³/mol. The van der Waals surface area contributed by atoms with E-state index in [1.165, 1.54) is 4.31 Å². The normalized spacial score (nSPS) is 17.5. The zero-order valence-electron chi connectivity index (χ0n) is 15.5. The number of sulfonamides is 1. The van der Waals surface area contributed by atoms with Crippen molar-refractivity contribution >= 4 is 26.7 Å². The van der Waals surface area contributed by atoms with Gasteiger partial charge in [0.15, 0.2) is 0 Å². The van der Waals surface area contributed by atoms with Crippen LogP contribution in [0.1, 0.15) is 6.92 Å². The molecule has 2 aromatic rings. The number of hydrogen-bond donors (Lipinski definition) is 1. The fourth-order valence-corrected chi connectivity index (χ4v) is 4.75. The molecular weight excluding hydrogens is 362 g/mol. The number of rotatable bonds is 6. The molecule has 1 saturated heterocycles. The Labute approximate surface area is 160 Å². The number of nitrogens with zero attached hydrogens (tertiary/aromatic N) is 2. The number of benzene rings is 2. The van der Waals surface area contributed by atoms with Gasteiger partial charge < -0.3 is 5.32 Å². The first-order valence-electron chi connectivity index (χ1n) is 9.05. The van der Waals surface area contributed by atoms with Crippen molar-refractivity contribution in [2.24, 2.45) is 0 Å². The van der Waals surface area contributed by atoms with Crippen LogP contribution in [0, 0.1) is 0 Å². The van der Waals surface area contributed by atoms with E-state index in [-0.39, 0.29) is 11.9 Å². The second-order valence-corrected chi connectivity index (χ2v) is 8.60. The van der Waals surface area contributed by atoms with Crippen molar-refractivity contribution in [3.63, 3.8) is 0 Å². The SMILES string of the molecule is C=CCNC(=O)[C@H](C)N1CCN(S(=O)(=O)c2ccc3ccccc3c2)CC1. The maximum atomic E-state index is 13.0. The zero-order valence-corrected chi connectivity index (χ0v) is 16.3. The lowest BCUT2D eigenvalue weighted by atomic mass is 10.1. The van der Waals surface area contributed by atoms with Crippen molar-refractivity contribution in [3.8, 4) is 0 Å². The summed E-state index contributed by atoms with van der Waals surface area (Å²) in [5.41, 5.74) is 0. The van der Waals surface area contributed by atoms with Crippen LogP contribution in [0.25, 0.3) is 10.8 Å². The summed E-state index contributed by atoms with van der Waals surface area (Å²) in [7, 11) is -3.54. The smallest absolute Gasteiger partial charge is 0.243 e. The van der Waals surface area contributed by atoms with Gasteiger partial charge in [0.25, 0.3) is 0 Å². The average molecular weight is 388 g/mol. The average Bonchev–Trinajstić information content (AvgIpc) is 2.71. The van der Waals surface area contributed by atoms with Gasteiger partial charge in [-0.05, 0) is 29.8 Å². The molecule has 1 atom stereocenters. The van der Waals surface area contributed by atoms with E-state index in [2.05, 4.69) is 11.9 Å². The van der Waals surface area contributed by atoms with Gasteiger partial charge in [-0.1, -0.05) is 36.4 Å². The molecule has 7 heteroatoms. The molecule has 0 bridgehead atoms. The minimum Gasteiger partial charge on any atom is -0.351 e. The van der Waals surface area contributed by atoms with E-state index in [4.69, 9.17) is 0 Å². The van der Waals surface area contributed by atoms with Gasteiger partial charge in [-0.15, -0.1) is 6.58 Å². The second-order valence-electron chi connectivity index (χ2n) is 6.66. The molecule has 1 amide bonds. The topological polar surface area (TPSA) is 69.7 Å². The molecule has 0 saturated carbocycles. The van der Waals surface area contributed by atoms with Crippen LogP contribution in [0.2, 0.25) is 0 Å². The summed E-state index contributed by atoms with van der Waals surface area (Å²) in [4.78, 5) is 14.4. The maximum absolute atomic E-state index is 13.0. The van der Waals surface area contributed by atoms with Crippen LogP contribution in [0.4, 0.5) is 0 Å². The van der Waals surface area contributed by atoms with Gasteiger partial charge in [-0.25, -0.2) is 8.42 Å². The monoisotopic (exact) mass is 387 g/mol. The van der Waals surface area contributed by atoms with E-state index < -0.39 is 10.0 Å². The lowest BCUT2D eigenvalue weighted by molar-refractivity contribution is -0.126. The molecule has 144 valence electrons. The Balaban J connectivity index is 1.68. The molecule has 0 spiro atoms. The van der Waals surface area contributed by atoms with Gasteiger partial charge in [-0.3, -0.25) is 9.69 Å². The van der Waals surface area contributed by atoms with Crippen LogP contribution in [0.15, 0.2) is 60.0 Å². The van der Waals surface area contributed by atoms with Gasteiger partial charge in [0.2, 0.25) is 15.9 Å². The molecule has 1 fully saturated rings. The first kappa shape index (κ1) is 19.5. The first-order valence-corrected chi connectivity index (χ1v) is 10.5. The Morgan fingerprint density at radius 3 is 2.48 bits per heavy atom. The van der Waals surface area contributed by atoms with Crippen LogP contribution >= 0.6 is 0 Å². The van der Waals surface area contributed by atoms with E-state index in [1.54, 1.807) is 18.2 Å². The number of nitrogens with one attached hydrogen (secondary N) is 1. The highest BCUT2D eigenvalue weighted by molar-refractivity contribution is 7.89. The second kappa shape index (κ2) is 8.21. The van der Waals surface area contributed by atoms with Crippen molar-refractivity contribution in [2.45, 2.75) is 17.9 Å². The Bertz CT molecular complexity index is 934. The van der Waals surface area contributed by atoms with E-state index in [0.717, 1.165) is 10.8 Å². The molecule has 3 rings (SSSR count). The van der Waals surface area contributed by atoms with Crippen molar-refractivity contribution in [1.82, 2.24) is 14.5 Å². The summed E-state index contributed by atoms with van der Waals surface area (Å²) in [5.74, 6) is -0.0688. The van der Waals surface area contributed by atoms with Crippen LogP contribution in [-0.2, 0) is 14.8 Å². The largest absolute Gasteiger partial charge is 0.351 e. The van der Waals surface area contributed by atoms with Crippen molar-refractivity contribution in [1.29, 1.82) is 0 Å². The molecule has 2 aromatic carbocycles. The van der Waals surface area contributed by atoms with Gasteiger partial charge in [0.1, 0.15) is 0 Å². The van der Waals surface area contributed by atoms with E-state index in [0.29, 0.717) is 37.6 Å². The summed E-state index contributed by atoms with van der Waals surface area (Å²) in [5, 5.41) is 4.70. The minimum absolute atomic E-state index is 0.0688. The maximum Gasteiger partial charge on any atom is 0.243 e. The third-order valence-electron chi connectivity index (χ3n) is 4.98. The lowest BCUT2D eigenvalue weighted by Gasteiger charge is -2.36. The predicted octanol–water partition coefficient (Wildman–Crippen LogP) is 1.84. The highest BCUT2D eigenvalue weighted by Gasteiger charge is 2.31. The fraction of sp³-hybridized carbons (Fsp3) is 0.350. The van der Waals surface area contributed by atoms with Crippen molar-refractivity contribution in [3.05, 3.63) is 55.1 Å². The van der Waals surface area contributed by atoms with Crippen LogP contribution < -0.4 is 5.32 Å². The number of piperazine rings is 1. The number of fused-ring (bicyclic) bond motifs is 1.